The molecule has 1 atom stereocenters. The minimum absolute atomic E-state index is 0.0423. The largest absolute Gasteiger partial charge is 0.311 e. The molecule has 0 saturated carbocycles. The molecule has 1 heterocycles. The molecule has 1 amide bonds. The third kappa shape index (κ3) is 3.57. The SMILES string of the molecule is Cc1ccc(N2C[C@@H](NS(=O)(=O)c3ccccc3F)CC2=O)cc1C. The number of rotatable bonds is 4. The Morgan fingerprint density at radius 3 is 2.52 bits per heavy atom. The topological polar surface area (TPSA) is 66.5 Å². The predicted octanol–water partition coefficient (Wildman–Crippen LogP) is 2.53. The molecule has 0 aliphatic carbocycles. The second-order valence-electron chi connectivity index (χ2n) is 6.23. The zero-order valence-corrected chi connectivity index (χ0v) is 14.8. The van der Waals surface area contributed by atoms with Gasteiger partial charge in [0.2, 0.25) is 15.9 Å². The van der Waals surface area contributed by atoms with E-state index < -0.39 is 26.8 Å². The van der Waals surface area contributed by atoms with Gasteiger partial charge in [-0.25, -0.2) is 17.5 Å². The van der Waals surface area contributed by atoms with Crippen molar-refractivity contribution in [3.63, 3.8) is 0 Å². The molecule has 0 spiro atoms. The van der Waals surface area contributed by atoms with Gasteiger partial charge in [0, 0.05) is 24.7 Å². The first-order valence-corrected chi connectivity index (χ1v) is 9.41. The lowest BCUT2D eigenvalue weighted by Gasteiger charge is -2.18. The van der Waals surface area contributed by atoms with Crippen molar-refractivity contribution in [3.05, 3.63) is 59.4 Å². The normalized spacial score (nSPS) is 18.0. The molecule has 132 valence electrons. The fourth-order valence-electron chi connectivity index (χ4n) is 2.88. The summed E-state index contributed by atoms with van der Waals surface area (Å²) in [5, 5.41) is 0. The number of aryl methyl sites for hydroxylation is 2. The van der Waals surface area contributed by atoms with Crippen LogP contribution >= 0.6 is 0 Å². The number of carbonyl (C=O) groups is 1. The summed E-state index contributed by atoms with van der Waals surface area (Å²) >= 11 is 0. The second-order valence-corrected chi connectivity index (χ2v) is 7.91. The van der Waals surface area contributed by atoms with Crippen LogP contribution in [0, 0.1) is 19.7 Å². The molecule has 0 unspecified atom stereocenters. The van der Waals surface area contributed by atoms with Crippen LogP contribution in [0.2, 0.25) is 0 Å². The Morgan fingerprint density at radius 1 is 1.12 bits per heavy atom. The van der Waals surface area contributed by atoms with E-state index in [1.165, 1.54) is 18.2 Å². The molecule has 5 nitrogen and oxygen atoms in total. The maximum absolute atomic E-state index is 13.8. The Labute approximate surface area is 146 Å². The number of hydrogen-bond acceptors (Lipinski definition) is 3. The molecule has 1 aliphatic heterocycles. The Hall–Kier alpha value is -2.25. The second kappa shape index (κ2) is 6.57. The van der Waals surface area contributed by atoms with Gasteiger partial charge in [-0.15, -0.1) is 0 Å². The number of halogens is 1. The molecular weight excluding hydrogens is 343 g/mol. The van der Waals surface area contributed by atoms with Crippen molar-refractivity contribution in [3.8, 4) is 0 Å². The van der Waals surface area contributed by atoms with Gasteiger partial charge in [-0.2, -0.15) is 0 Å². The van der Waals surface area contributed by atoms with E-state index in [-0.39, 0.29) is 18.9 Å². The highest BCUT2D eigenvalue weighted by molar-refractivity contribution is 7.89. The summed E-state index contributed by atoms with van der Waals surface area (Å²) in [5.41, 5.74) is 2.91. The van der Waals surface area contributed by atoms with Crippen LogP contribution in [-0.2, 0) is 14.8 Å². The van der Waals surface area contributed by atoms with Crippen LogP contribution in [0.3, 0.4) is 0 Å². The van der Waals surface area contributed by atoms with E-state index in [0.29, 0.717) is 0 Å². The highest BCUT2D eigenvalue weighted by atomic mass is 32.2. The Bertz CT molecular complexity index is 928. The van der Waals surface area contributed by atoms with E-state index in [1.54, 1.807) is 4.90 Å². The molecule has 0 aromatic heterocycles. The maximum atomic E-state index is 13.8. The Morgan fingerprint density at radius 2 is 1.84 bits per heavy atom. The lowest BCUT2D eigenvalue weighted by Crippen LogP contribution is -2.37. The number of nitrogens with zero attached hydrogens (tertiary/aromatic N) is 1. The van der Waals surface area contributed by atoms with Crippen molar-refractivity contribution >= 4 is 21.6 Å². The molecule has 0 radical (unpaired) electrons. The Kier molecular flexibility index (Phi) is 4.62. The first-order chi connectivity index (χ1) is 11.8. The number of amides is 1. The maximum Gasteiger partial charge on any atom is 0.243 e. The van der Waals surface area contributed by atoms with Crippen LogP contribution in [0.4, 0.5) is 10.1 Å². The van der Waals surface area contributed by atoms with Crippen molar-refractivity contribution < 1.29 is 17.6 Å². The smallest absolute Gasteiger partial charge is 0.243 e. The van der Waals surface area contributed by atoms with E-state index in [1.807, 2.05) is 32.0 Å². The fourth-order valence-corrected chi connectivity index (χ4v) is 4.18. The van der Waals surface area contributed by atoms with Gasteiger partial charge in [0.05, 0.1) is 0 Å². The minimum Gasteiger partial charge on any atom is -0.311 e. The molecule has 7 heteroatoms. The van der Waals surface area contributed by atoms with Crippen LogP contribution in [0.25, 0.3) is 0 Å². The fraction of sp³-hybridized carbons (Fsp3) is 0.278. The predicted molar refractivity (Wildman–Crippen MR) is 93.4 cm³/mol. The molecule has 2 aromatic carbocycles. The third-order valence-corrected chi connectivity index (χ3v) is 5.93. The average molecular weight is 362 g/mol. The van der Waals surface area contributed by atoms with Gasteiger partial charge in [-0.3, -0.25) is 4.79 Å². The van der Waals surface area contributed by atoms with Gasteiger partial charge < -0.3 is 4.90 Å². The highest BCUT2D eigenvalue weighted by Crippen LogP contribution is 2.25. The highest BCUT2D eigenvalue weighted by Gasteiger charge is 2.34. The van der Waals surface area contributed by atoms with Crippen molar-refractivity contribution in [2.75, 3.05) is 11.4 Å². The van der Waals surface area contributed by atoms with E-state index in [9.17, 15) is 17.6 Å². The first kappa shape index (κ1) is 17.6. The molecule has 3 rings (SSSR count). The van der Waals surface area contributed by atoms with Crippen LogP contribution in [0.1, 0.15) is 17.5 Å². The summed E-state index contributed by atoms with van der Waals surface area (Å²) in [6.07, 6.45) is 0.0423. The van der Waals surface area contributed by atoms with Crippen LogP contribution in [-0.4, -0.2) is 26.9 Å². The number of nitrogens with one attached hydrogen (secondary N) is 1. The van der Waals surface area contributed by atoms with Crippen LogP contribution in [0.15, 0.2) is 47.4 Å². The van der Waals surface area contributed by atoms with Gasteiger partial charge >= 0.3 is 0 Å². The van der Waals surface area contributed by atoms with Crippen molar-refractivity contribution in [2.45, 2.75) is 31.2 Å². The zero-order valence-electron chi connectivity index (χ0n) is 14.0. The van der Waals surface area contributed by atoms with Crippen molar-refractivity contribution in [1.82, 2.24) is 4.72 Å². The molecule has 2 aromatic rings. The van der Waals surface area contributed by atoms with Crippen LogP contribution in [0.5, 0.6) is 0 Å². The monoisotopic (exact) mass is 362 g/mol. The molecule has 1 aliphatic rings. The van der Waals surface area contributed by atoms with Crippen molar-refractivity contribution in [1.29, 1.82) is 0 Å². The number of sulfonamides is 1. The molecule has 1 N–H and O–H groups in total. The summed E-state index contributed by atoms with van der Waals surface area (Å²) in [7, 11) is -4.02. The zero-order chi connectivity index (χ0) is 18.2. The molecular formula is C18H19FN2O3S. The van der Waals surface area contributed by atoms with Gasteiger partial charge in [0.15, 0.2) is 0 Å². The molecule has 1 fully saturated rings. The number of benzene rings is 2. The summed E-state index contributed by atoms with van der Waals surface area (Å²) in [6, 6.07) is 10.3. The van der Waals surface area contributed by atoms with E-state index in [4.69, 9.17) is 0 Å². The lowest BCUT2D eigenvalue weighted by atomic mass is 10.1. The molecule has 1 saturated heterocycles. The lowest BCUT2D eigenvalue weighted by molar-refractivity contribution is -0.117. The number of hydrogen-bond donors (Lipinski definition) is 1. The molecule has 25 heavy (non-hydrogen) atoms. The molecule has 0 bridgehead atoms. The third-order valence-electron chi connectivity index (χ3n) is 4.38. The standard InChI is InChI=1S/C18H19FN2O3S/c1-12-7-8-15(9-13(12)2)21-11-14(10-18(21)22)20-25(23,24)17-6-4-3-5-16(17)19/h3-9,14,20H,10-11H2,1-2H3/t14-/m0/s1. The average Bonchev–Trinajstić information content (AvgIpc) is 2.90. The van der Waals surface area contributed by atoms with Gasteiger partial charge in [-0.1, -0.05) is 18.2 Å². The number of anilines is 1. The first-order valence-electron chi connectivity index (χ1n) is 7.92. The van der Waals surface area contributed by atoms with Crippen LogP contribution < -0.4 is 9.62 Å². The minimum atomic E-state index is -4.02. The van der Waals surface area contributed by atoms with E-state index >= 15 is 0 Å². The van der Waals surface area contributed by atoms with Gasteiger partial charge in [0.25, 0.3) is 0 Å². The quantitative estimate of drug-likeness (QED) is 0.909. The summed E-state index contributed by atoms with van der Waals surface area (Å²) in [4.78, 5) is 13.4. The summed E-state index contributed by atoms with van der Waals surface area (Å²) < 4.78 is 41.0. The summed E-state index contributed by atoms with van der Waals surface area (Å²) in [6.45, 7) is 4.16. The Balaban J connectivity index is 1.79. The van der Waals surface area contributed by atoms with Gasteiger partial charge in [-0.05, 0) is 49.2 Å². The summed E-state index contributed by atoms with van der Waals surface area (Å²) in [5.74, 6) is -0.977. The van der Waals surface area contributed by atoms with E-state index in [2.05, 4.69) is 4.72 Å². The van der Waals surface area contributed by atoms with Gasteiger partial charge in [0.1, 0.15) is 10.7 Å². The number of carbonyl (C=O) groups excluding carboxylic acids is 1. The van der Waals surface area contributed by atoms with Crippen molar-refractivity contribution in [2.24, 2.45) is 0 Å². The van der Waals surface area contributed by atoms with E-state index in [0.717, 1.165) is 22.9 Å².